The van der Waals surface area contributed by atoms with Crippen molar-refractivity contribution in [1.82, 2.24) is 4.98 Å². The van der Waals surface area contributed by atoms with E-state index in [4.69, 9.17) is 5.11 Å². The standard InChI is InChI=1S/C10H11NO4S/c12-9(13)3-1-2-8-5-4-7(6-11-8)10(14)15-16/h4-6,16H,1-3H2,(H,12,13). The molecule has 6 heteroatoms. The van der Waals surface area contributed by atoms with Crippen LogP contribution in [0.1, 0.15) is 28.9 Å². The van der Waals surface area contributed by atoms with Crippen molar-refractivity contribution < 1.29 is 18.9 Å². The van der Waals surface area contributed by atoms with E-state index in [1.54, 1.807) is 12.1 Å². The van der Waals surface area contributed by atoms with Gasteiger partial charge in [0.2, 0.25) is 0 Å². The first-order chi connectivity index (χ1) is 7.63. The average Bonchev–Trinajstić information content (AvgIpc) is 2.28. The van der Waals surface area contributed by atoms with Crippen LogP contribution in [-0.4, -0.2) is 22.0 Å². The third-order valence-electron chi connectivity index (χ3n) is 1.97. The lowest BCUT2D eigenvalue weighted by Gasteiger charge is -2.00. The van der Waals surface area contributed by atoms with Crippen LogP contribution in [0.4, 0.5) is 0 Å². The van der Waals surface area contributed by atoms with Crippen LogP contribution >= 0.6 is 12.9 Å². The van der Waals surface area contributed by atoms with Crippen molar-refractivity contribution in [3.63, 3.8) is 0 Å². The lowest BCUT2D eigenvalue weighted by atomic mass is 10.1. The second kappa shape index (κ2) is 6.12. The van der Waals surface area contributed by atoms with Crippen LogP contribution in [0, 0.1) is 0 Å². The number of hydrogen-bond acceptors (Lipinski definition) is 5. The molecule has 0 saturated carbocycles. The Morgan fingerprint density at radius 3 is 2.69 bits per heavy atom. The summed E-state index contributed by atoms with van der Waals surface area (Å²) in [6.45, 7) is 0. The molecule has 5 nitrogen and oxygen atoms in total. The summed E-state index contributed by atoms with van der Waals surface area (Å²) >= 11 is 3.39. The summed E-state index contributed by atoms with van der Waals surface area (Å²) in [6.07, 6.45) is 2.60. The number of carboxylic acids is 1. The minimum Gasteiger partial charge on any atom is -0.481 e. The fourth-order valence-electron chi connectivity index (χ4n) is 1.17. The van der Waals surface area contributed by atoms with E-state index in [2.05, 4.69) is 22.1 Å². The highest BCUT2D eigenvalue weighted by Crippen LogP contribution is 2.06. The Morgan fingerprint density at radius 1 is 1.44 bits per heavy atom. The van der Waals surface area contributed by atoms with Gasteiger partial charge in [-0.05, 0) is 25.0 Å². The molecule has 0 unspecified atom stereocenters. The number of nitrogens with zero attached hydrogens (tertiary/aromatic N) is 1. The zero-order valence-corrected chi connectivity index (χ0v) is 9.31. The molecule has 0 bridgehead atoms. The molecule has 0 saturated heterocycles. The summed E-state index contributed by atoms with van der Waals surface area (Å²) in [5.41, 5.74) is 1.06. The van der Waals surface area contributed by atoms with Crippen molar-refractivity contribution in [3.8, 4) is 0 Å². The fourth-order valence-corrected chi connectivity index (χ4v) is 1.27. The number of pyridine rings is 1. The molecule has 1 aromatic rings. The van der Waals surface area contributed by atoms with Crippen LogP contribution in [0.5, 0.6) is 0 Å². The molecule has 0 spiro atoms. The van der Waals surface area contributed by atoms with Gasteiger partial charge in [0, 0.05) is 31.2 Å². The predicted octanol–water partition coefficient (Wildman–Crippen LogP) is 1.49. The summed E-state index contributed by atoms with van der Waals surface area (Å²) in [5, 5.41) is 8.45. The van der Waals surface area contributed by atoms with E-state index < -0.39 is 11.9 Å². The smallest absolute Gasteiger partial charge is 0.351 e. The van der Waals surface area contributed by atoms with Crippen LogP contribution < -0.4 is 0 Å². The normalized spacial score (nSPS) is 9.81. The van der Waals surface area contributed by atoms with Gasteiger partial charge in [-0.1, -0.05) is 0 Å². The number of aliphatic carboxylic acids is 1. The molecule has 0 aliphatic carbocycles. The molecule has 0 aliphatic rings. The second-order valence-corrected chi connectivity index (χ2v) is 3.35. The van der Waals surface area contributed by atoms with E-state index in [0.29, 0.717) is 18.4 Å². The molecule has 1 N–H and O–H groups in total. The van der Waals surface area contributed by atoms with Crippen molar-refractivity contribution in [1.29, 1.82) is 0 Å². The van der Waals surface area contributed by atoms with Crippen LogP contribution in [0.15, 0.2) is 18.3 Å². The van der Waals surface area contributed by atoms with E-state index in [1.807, 2.05) is 0 Å². The van der Waals surface area contributed by atoms with Crippen LogP contribution in [0.2, 0.25) is 0 Å². The third-order valence-corrected chi connectivity index (χ3v) is 2.13. The Labute approximate surface area is 98.1 Å². The molecule has 1 rings (SSSR count). The largest absolute Gasteiger partial charge is 0.481 e. The molecule has 1 aromatic heterocycles. The lowest BCUT2D eigenvalue weighted by molar-refractivity contribution is -0.137. The number of aromatic nitrogens is 1. The summed E-state index contributed by atoms with van der Waals surface area (Å²) in [4.78, 5) is 25.3. The van der Waals surface area contributed by atoms with Crippen molar-refractivity contribution in [2.45, 2.75) is 19.3 Å². The molecule has 0 aliphatic heterocycles. The summed E-state index contributed by atoms with van der Waals surface area (Å²) in [6, 6.07) is 3.24. The average molecular weight is 241 g/mol. The molecule has 0 aromatic carbocycles. The van der Waals surface area contributed by atoms with Gasteiger partial charge in [-0.3, -0.25) is 9.78 Å². The topological polar surface area (TPSA) is 76.5 Å². The maximum Gasteiger partial charge on any atom is 0.351 e. The van der Waals surface area contributed by atoms with Gasteiger partial charge in [0.25, 0.3) is 0 Å². The van der Waals surface area contributed by atoms with Gasteiger partial charge in [0.05, 0.1) is 5.56 Å². The van der Waals surface area contributed by atoms with Gasteiger partial charge < -0.3 is 9.29 Å². The van der Waals surface area contributed by atoms with Gasteiger partial charge in [0.15, 0.2) is 0 Å². The van der Waals surface area contributed by atoms with Crippen LogP contribution in [-0.2, 0) is 15.4 Å². The highest BCUT2D eigenvalue weighted by molar-refractivity contribution is 7.75. The molecule has 0 atom stereocenters. The zero-order valence-electron chi connectivity index (χ0n) is 8.42. The molecule has 0 radical (unpaired) electrons. The van der Waals surface area contributed by atoms with E-state index in [1.165, 1.54) is 6.20 Å². The summed E-state index contributed by atoms with van der Waals surface area (Å²) < 4.78 is 4.23. The SMILES string of the molecule is O=C(O)CCCc1ccc(C(=O)OS)cn1. The Balaban J connectivity index is 2.51. The number of carboxylic acid groups (broad SMARTS) is 1. The Bertz CT molecular complexity index is 377. The summed E-state index contributed by atoms with van der Waals surface area (Å²) in [5.74, 6) is -1.39. The monoisotopic (exact) mass is 241 g/mol. The van der Waals surface area contributed by atoms with Gasteiger partial charge >= 0.3 is 11.9 Å². The third kappa shape index (κ3) is 3.90. The Morgan fingerprint density at radius 2 is 2.19 bits per heavy atom. The highest BCUT2D eigenvalue weighted by atomic mass is 32.1. The van der Waals surface area contributed by atoms with E-state index in [9.17, 15) is 9.59 Å². The van der Waals surface area contributed by atoms with Crippen LogP contribution in [0.25, 0.3) is 0 Å². The second-order valence-electron chi connectivity index (χ2n) is 3.16. The van der Waals surface area contributed by atoms with Gasteiger partial charge in [-0.25, -0.2) is 4.79 Å². The van der Waals surface area contributed by atoms with Crippen molar-refractivity contribution in [2.24, 2.45) is 0 Å². The molecule has 16 heavy (non-hydrogen) atoms. The lowest BCUT2D eigenvalue weighted by Crippen LogP contribution is -2.01. The van der Waals surface area contributed by atoms with E-state index in [-0.39, 0.29) is 6.42 Å². The first-order valence-electron chi connectivity index (χ1n) is 4.66. The maximum atomic E-state index is 11.0. The van der Waals surface area contributed by atoms with Gasteiger partial charge in [-0.15, -0.1) is 0 Å². The first kappa shape index (κ1) is 12.5. The minimum atomic E-state index is -0.824. The van der Waals surface area contributed by atoms with Crippen molar-refractivity contribution >= 4 is 24.8 Å². The van der Waals surface area contributed by atoms with Gasteiger partial charge in [0.1, 0.15) is 0 Å². The van der Waals surface area contributed by atoms with Crippen molar-refractivity contribution in [2.75, 3.05) is 0 Å². The number of aryl methyl sites for hydroxylation is 1. The Hall–Kier alpha value is -1.56. The molecule has 1 heterocycles. The molecular weight excluding hydrogens is 230 g/mol. The maximum absolute atomic E-state index is 11.0. The number of thiol groups is 1. The molecular formula is C10H11NO4S. The number of carbonyl (C=O) groups is 2. The highest BCUT2D eigenvalue weighted by Gasteiger charge is 2.06. The molecule has 0 fully saturated rings. The minimum absolute atomic E-state index is 0.113. The van der Waals surface area contributed by atoms with Gasteiger partial charge in [-0.2, -0.15) is 0 Å². The number of rotatable bonds is 5. The zero-order chi connectivity index (χ0) is 12.0. The number of hydrogen-bond donors (Lipinski definition) is 2. The van der Waals surface area contributed by atoms with Crippen LogP contribution in [0.3, 0.4) is 0 Å². The molecule has 86 valence electrons. The number of carbonyl (C=O) groups excluding carboxylic acids is 1. The van der Waals surface area contributed by atoms with E-state index in [0.717, 1.165) is 5.69 Å². The molecule has 0 amide bonds. The Kier molecular flexibility index (Phi) is 4.78. The van der Waals surface area contributed by atoms with Crippen molar-refractivity contribution in [3.05, 3.63) is 29.6 Å². The fraction of sp³-hybridized carbons (Fsp3) is 0.300. The predicted molar refractivity (Wildman–Crippen MR) is 59.2 cm³/mol. The first-order valence-corrected chi connectivity index (χ1v) is 5.02. The quantitative estimate of drug-likeness (QED) is 0.603. The summed E-state index contributed by atoms with van der Waals surface area (Å²) in [7, 11) is 0. The van der Waals surface area contributed by atoms with E-state index >= 15 is 0 Å².